The zero-order valence-electron chi connectivity index (χ0n) is 15.3. The number of benzene rings is 1. The predicted molar refractivity (Wildman–Crippen MR) is 99.5 cm³/mol. The van der Waals surface area contributed by atoms with Gasteiger partial charge in [0, 0.05) is 37.0 Å². The first-order valence-electron chi connectivity index (χ1n) is 8.97. The third kappa shape index (κ3) is 5.74. The molecule has 0 saturated carbocycles. The van der Waals surface area contributed by atoms with Crippen molar-refractivity contribution >= 4 is 23.3 Å². The Morgan fingerprint density at radius 1 is 1.16 bits per heavy atom. The quantitative estimate of drug-likeness (QED) is 0.764. The first kappa shape index (κ1) is 19.2. The molecule has 1 saturated heterocycles. The van der Waals surface area contributed by atoms with Gasteiger partial charge in [-0.05, 0) is 55.9 Å². The number of urea groups is 1. The summed E-state index contributed by atoms with van der Waals surface area (Å²) in [4.78, 5) is 26.0. The Labute approximate surface area is 149 Å². The summed E-state index contributed by atoms with van der Waals surface area (Å²) in [6.07, 6.45) is 2.34. The standard InChI is InChI=1S/C19H29N3O3/c1-13(2)10-18(24)20-16-6-8-17(9-7-16)21-19(25)22-11-15(12-23)5-4-14(22)3/h6-9,13-15,23H,4-5,10-12H2,1-3H3,(H,20,24)(H,21,25)/t14-,15-/m0/s1. The molecule has 3 amide bonds. The number of nitrogens with zero attached hydrogens (tertiary/aromatic N) is 1. The number of aliphatic hydroxyl groups is 1. The largest absolute Gasteiger partial charge is 0.396 e. The number of rotatable bonds is 5. The van der Waals surface area contributed by atoms with Crippen LogP contribution in [0, 0.1) is 11.8 Å². The van der Waals surface area contributed by atoms with Crippen LogP contribution in [0.2, 0.25) is 0 Å². The first-order valence-corrected chi connectivity index (χ1v) is 8.97. The van der Waals surface area contributed by atoms with Crippen LogP contribution in [0.25, 0.3) is 0 Å². The molecule has 1 heterocycles. The number of anilines is 2. The number of hydrogen-bond acceptors (Lipinski definition) is 3. The topological polar surface area (TPSA) is 81.7 Å². The average molecular weight is 347 g/mol. The lowest BCUT2D eigenvalue weighted by atomic mass is 9.94. The van der Waals surface area contributed by atoms with Gasteiger partial charge in [0.1, 0.15) is 0 Å². The fraction of sp³-hybridized carbons (Fsp3) is 0.579. The van der Waals surface area contributed by atoms with E-state index in [1.807, 2.05) is 20.8 Å². The van der Waals surface area contributed by atoms with Crippen LogP contribution in [0.5, 0.6) is 0 Å². The fourth-order valence-electron chi connectivity index (χ4n) is 3.03. The highest BCUT2D eigenvalue weighted by Crippen LogP contribution is 2.23. The highest BCUT2D eigenvalue weighted by atomic mass is 16.3. The van der Waals surface area contributed by atoms with Gasteiger partial charge in [0.15, 0.2) is 0 Å². The molecule has 6 nitrogen and oxygen atoms in total. The summed E-state index contributed by atoms with van der Waals surface area (Å²) in [7, 11) is 0. The van der Waals surface area contributed by atoms with Crippen LogP contribution in [0.1, 0.15) is 40.0 Å². The molecule has 0 bridgehead atoms. The molecule has 0 aromatic heterocycles. The van der Waals surface area contributed by atoms with E-state index < -0.39 is 0 Å². The molecule has 1 aliphatic rings. The molecular weight excluding hydrogens is 318 g/mol. The Kier molecular flexibility index (Phi) is 6.82. The molecule has 2 rings (SSSR count). The van der Waals surface area contributed by atoms with E-state index in [4.69, 9.17) is 0 Å². The Balaban J connectivity index is 1.91. The summed E-state index contributed by atoms with van der Waals surface area (Å²) >= 11 is 0. The van der Waals surface area contributed by atoms with E-state index >= 15 is 0 Å². The molecule has 3 N–H and O–H groups in total. The summed E-state index contributed by atoms with van der Waals surface area (Å²) in [5, 5.41) is 15.1. The maximum atomic E-state index is 12.5. The maximum absolute atomic E-state index is 12.5. The van der Waals surface area contributed by atoms with Crippen molar-refractivity contribution in [1.82, 2.24) is 4.90 Å². The number of piperidine rings is 1. The Hall–Kier alpha value is -2.08. The molecule has 0 radical (unpaired) electrons. The molecular formula is C19H29N3O3. The Bertz CT molecular complexity index is 586. The lowest BCUT2D eigenvalue weighted by molar-refractivity contribution is -0.116. The highest BCUT2D eigenvalue weighted by molar-refractivity contribution is 5.92. The minimum Gasteiger partial charge on any atom is -0.396 e. The van der Waals surface area contributed by atoms with Crippen molar-refractivity contribution < 1.29 is 14.7 Å². The van der Waals surface area contributed by atoms with Gasteiger partial charge in [-0.25, -0.2) is 4.79 Å². The monoisotopic (exact) mass is 347 g/mol. The van der Waals surface area contributed by atoms with Crippen LogP contribution in [0.15, 0.2) is 24.3 Å². The van der Waals surface area contributed by atoms with Crippen LogP contribution in [-0.4, -0.2) is 41.1 Å². The van der Waals surface area contributed by atoms with Crippen molar-refractivity contribution in [2.75, 3.05) is 23.8 Å². The minimum absolute atomic E-state index is 0.0102. The molecule has 25 heavy (non-hydrogen) atoms. The van der Waals surface area contributed by atoms with Crippen molar-refractivity contribution in [3.63, 3.8) is 0 Å². The van der Waals surface area contributed by atoms with Gasteiger partial charge < -0.3 is 20.6 Å². The van der Waals surface area contributed by atoms with Gasteiger partial charge in [0.05, 0.1) is 0 Å². The maximum Gasteiger partial charge on any atom is 0.322 e. The van der Waals surface area contributed by atoms with Gasteiger partial charge in [0.2, 0.25) is 5.91 Å². The molecule has 1 fully saturated rings. The van der Waals surface area contributed by atoms with Gasteiger partial charge >= 0.3 is 6.03 Å². The third-order valence-electron chi connectivity index (χ3n) is 4.51. The number of aliphatic hydroxyl groups excluding tert-OH is 1. The molecule has 2 atom stereocenters. The van der Waals surface area contributed by atoms with E-state index in [1.165, 1.54) is 0 Å². The van der Waals surface area contributed by atoms with Gasteiger partial charge in [-0.1, -0.05) is 13.8 Å². The van der Waals surface area contributed by atoms with Gasteiger partial charge in [-0.15, -0.1) is 0 Å². The number of hydrogen-bond donors (Lipinski definition) is 3. The van der Waals surface area contributed by atoms with E-state index in [2.05, 4.69) is 10.6 Å². The van der Waals surface area contributed by atoms with E-state index in [0.29, 0.717) is 24.6 Å². The summed E-state index contributed by atoms with van der Waals surface area (Å²) in [5.41, 5.74) is 1.40. The number of carbonyl (C=O) groups is 2. The first-order chi connectivity index (χ1) is 11.9. The number of amides is 3. The smallest absolute Gasteiger partial charge is 0.322 e. The van der Waals surface area contributed by atoms with Crippen LogP contribution >= 0.6 is 0 Å². The molecule has 0 spiro atoms. The molecule has 6 heteroatoms. The Morgan fingerprint density at radius 3 is 2.32 bits per heavy atom. The second-order valence-corrected chi connectivity index (χ2v) is 7.28. The van der Waals surface area contributed by atoms with Crippen molar-refractivity contribution in [2.45, 2.75) is 46.1 Å². The predicted octanol–water partition coefficient (Wildman–Crippen LogP) is 3.30. The van der Waals surface area contributed by atoms with Crippen molar-refractivity contribution in [1.29, 1.82) is 0 Å². The van der Waals surface area contributed by atoms with Gasteiger partial charge in [-0.3, -0.25) is 4.79 Å². The minimum atomic E-state index is -0.151. The van der Waals surface area contributed by atoms with Gasteiger partial charge in [0.25, 0.3) is 0 Å². The van der Waals surface area contributed by atoms with Crippen LogP contribution in [-0.2, 0) is 4.79 Å². The summed E-state index contributed by atoms with van der Waals surface area (Å²) < 4.78 is 0. The SMILES string of the molecule is CC(C)CC(=O)Nc1ccc(NC(=O)N2C[C@@H](CO)CC[C@@H]2C)cc1. The van der Waals surface area contributed by atoms with Crippen molar-refractivity contribution in [2.24, 2.45) is 11.8 Å². The normalized spacial score (nSPS) is 20.4. The molecule has 1 aromatic rings. The summed E-state index contributed by atoms with van der Waals surface area (Å²) in [5.74, 6) is 0.456. The van der Waals surface area contributed by atoms with E-state index in [9.17, 15) is 14.7 Å². The van der Waals surface area contributed by atoms with Gasteiger partial charge in [-0.2, -0.15) is 0 Å². The van der Waals surface area contributed by atoms with Crippen molar-refractivity contribution in [3.05, 3.63) is 24.3 Å². The average Bonchev–Trinajstić information content (AvgIpc) is 2.56. The second-order valence-electron chi connectivity index (χ2n) is 7.28. The molecule has 1 aliphatic heterocycles. The molecule has 0 aliphatic carbocycles. The number of carbonyl (C=O) groups excluding carboxylic acids is 2. The van der Waals surface area contributed by atoms with Crippen LogP contribution in [0.3, 0.4) is 0 Å². The molecule has 138 valence electrons. The Morgan fingerprint density at radius 2 is 1.76 bits per heavy atom. The van der Waals surface area contributed by atoms with E-state index in [-0.39, 0.29) is 30.5 Å². The summed E-state index contributed by atoms with van der Waals surface area (Å²) in [6, 6.07) is 7.13. The number of nitrogens with one attached hydrogen (secondary N) is 2. The fourth-order valence-corrected chi connectivity index (χ4v) is 3.03. The van der Waals surface area contributed by atoms with E-state index in [0.717, 1.165) is 18.5 Å². The second kappa shape index (κ2) is 8.85. The molecule has 1 aromatic carbocycles. The number of likely N-dealkylation sites (tertiary alicyclic amines) is 1. The highest BCUT2D eigenvalue weighted by Gasteiger charge is 2.28. The van der Waals surface area contributed by atoms with Crippen molar-refractivity contribution in [3.8, 4) is 0 Å². The van der Waals surface area contributed by atoms with Crippen LogP contribution < -0.4 is 10.6 Å². The molecule has 0 unspecified atom stereocenters. The van der Waals surface area contributed by atoms with E-state index in [1.54, 1.807) is 29.2 Å². The summed E-state index contributed by atoms with van der Waals surface area (Å²) in [6.45, 7) is 6.72. The lowest BCUT2D eigenvalue weighted by Gasteiger charge is -2.37. The lowest BCUT2D eigenvalue weighted by Crippen LogP contribution is -2.48. The zero-order valence-corrected chi connectivity index (χ0v) is 15.3. The zero-order chi connectivity index (χ0) is 18.4. The van der Waals surface area contributed by atoms with Crippen LogP contribution in [0.4, 0.5) is 16.2 Å². The third-order valence-corrected chi connectivity index (χ3v) is 4.51.